The Morgan fingerprint density at radius 1 is 1.00 bits per heavy atom. The van der Waals surface area contributed by atoms with E-state index >= 15 is 0 Å². The van der Waals surface area contributed by atoms with Crippen LogP contribution in [0, 0.1) is 0 Å². The molecule has 1 amide bonds. The highest BCUT2D eigenvalue weighted by molar-refractivity contribution is 7.89. The molecule has 174 valence electrons. The van der Waals surface area contributed by atoms with Crippen molar-refractivity contribution in [2.45, 2.75) is 17.4 Å². The van der Waals surface area contributed by atoms with E-state index in [2.05, 4.69) is 4.99 Å². The minimum absolute atomic E-state index is 0.0733. The number of aromatic nitrogens is 1. The molecule has 0 aliphatic rings. The number of carbonyl (C=O) groups is 2. The summed E-state index contributed by atoms with van der Waals surface area (Å²) >= 11 is 1.09. The molecule has 0 unspecified atom stereocenters. The summed E-state index contributed by atoms with van der Waals surface area (Å²) in [5.74, 6) is -1.61. The van der Waals surface area contributed by atoms with Crippen molar-refractivity contribution < 1.29 is 22.7 Å². The van der Waals surface area contributed by atoms with Crippen molar-refractivity contribution in [1.29, 1.82) is 0 Å². The minimum Gasteiger partial charge on any atom is -0.468 e. The maximum atomic E-state index is 13.5. The predicted octanol–water partition coefficient (Wildman–Crippen LogP) is 2.78. The molecule has 34 heavy (non-hydrogen) atoms. The molecule has 3 aromatic carbocycles. The van der Waals surface area contributed by atoms with Gasteiger partial charge in [-0.15, -0.1) is 0 Å². The molecular weight excluding hydrogens is 474 g/mol. The molecule has 0 saturated carbocycles. The summed E-state index contributed by atoms with van der Waals surface area (Å²) in [6, 6.07) is 22.9. The zero-order valence-corrected chi connectivity index (χ0v) is 19.8. The standard InChI is InChI=1S/C24H21N3O5S2/c1-32-21(28)15-27-19-13-12-18(34(25,30)31)14-20(19)33-24(27)26-23(29)22(16-8-4-2-5-9-16)17-10-6-3-7-11-17/h2-14,22H,15H2,1H3,(H2,25,30,31). The molecule has 0 fully saturated rings. The third-order valence-electron chi connectivity index (χ3n) is 5.22. The van der Waals surface area contributed by atoms with Crippen LogP contribution in [0.5, 0.6) is 0 Å². The van der Waals surface area contributed by atoms with Crippen molar-refractivity contribution in [2.24, 2.45) is 10.1 Å². The summed E-state index contributed by atoms with van der Waals surface area (Å²) in [6.45, 7) is -0.196. The van der Waals surface area contributed by atoms with Crippen molar-refractivity contribution in [3.63, 3.8) is 0 Å². The Bertz CT molecular complexity index is 1490. The minimum atomic E-state index is -3.93. The first-order chi connectivity index (χ1) is 16.3. The highest BCUT2D eigenvalue weighted by Gasteiger charge is 2.23. The van der Waals surface area contributed by atoms with Gasteiger partial charge in [-0.2, -0.15) is 4.99 Å². The number of benzene rings is 3. The van der Waals surface area contributed by atoms with Crippen molar-refractivity contribution in [1.82, 2.24) is 4.57 Å². The normalized spacial score (nSPS) is 12.3. The summed E-state index contributed by atoms with van der Waals surface area (Å²) in [4.78, 5) is 30.2. The molecule has 0 aliphatic carbocycles. The molecule has 10 heteroatoms. The average Bonchev–Trinajstić information content (AvgIpc) is 3.16. The van der Waals surface area contributed by atoms with E-state index in [1.165, 1.54) is 29.9 Å². The van der Waals surface area contributed by atoms with E-state index in [9.17, 15) is 18.0 Å². The number of primary sulfonamides is 1. The Kier molecular flexibility index (Phi) is 6.73. The lowest BCUT2D eigenvalue weighted by Crippen LogP contribution is -2.24. The van der Waals surface area contributed by atoms with Crippen molar-refractivity contribution >= 4 is 43.5 Å². The number of nitrogens with zero attached hydrogens (tertiary/aromatic N) is 2. The first-order valence-electron chi connectivity index (χ1n) is 10.2. The van der Waals surface area contributed by atoms with Gasteiger partial charge in [-0.25, -0.2) is 13.6 Å². The topological polar surface area (TPSA) is 121 Å². The molecule has 8 nitrogen and oxygen atoms in total. The monoisotopic (exact) mass is 495 g/mol. The zero-order valence-electron chi connectivity index (χ0n) is 18.1. The number of esters is 1. The molecule has 0 spiro atoms. The third-order valence-corrected chi connectivity index (χ3v) is 7.17. The first-order valence-corrected chi connectivity index (χ1v) is 12.6. The number of carbonyl (C=O) groups excluding carboxylic acids is 2. The smallest absolute Gasteiger partial charge is 0.325 e. The van der Waals surface area contributed by atoms with Gasteiger partial charge in [0.15, 0.2) is 4.80 Å². The van der Waals surface area contributed by atoms with Gasteiger partial charge >= 0.3 is 5.97 Å². The lowest BCUT2D eigenvalue weighted by Gasteiger charge is -2.14. The second-order valence-electron chi connectivity index (χ2n) is 7.43. The molecule has 0 radical (unpaired) electrons. The van der Waals surface area contributed by atoms with Gasteiger partial charge in [0.2, 0.25) is 10.0 Å². The molecule has 1 heterocycles. The summed E-state index contributed by atoms with van der Waals surface area (Å²) < 4.78 is 30.4. The number of ether oxygens (including phenoxy) is 1. The van der Waals surface area contributed by atoms with Crippen LogP contribution >= 0.6 is 11.3 Å². The summed E-state index contributed by atoms with van der Waals surface area (Å²) in [5, 5.41) is 5.26. The van der Waals surface area contributed by atoms with Crippen LogP contribution in [0.25, 0.3) is 10.2 Å². The quantitative estimate of drug-likeness (QED) is 0.412. The maximum Gasteiger partial charge on any atom is 0.325 e. The third kappa shape index (κ3) is 4.98. The molecule has 4 rings (SSSR count). The van der Waals surface area contributed by atoms with E-state index in [1.54, 1.807) is 0 Å². The van der Waals surface area contributed by atoms with Crippen LogP contribution in [0.4, 0.5) is 0 Å². The van der Waals surface area contributed by atoms with Crippen LogP contribution in [-0.4, -0.2) is 32.0 Å². The van der Waals surface area contributed by atoms with Gasteiger partial charge in [0.25, 0.3) is 5.91 Å². The zero-order chi connectivity index (χ0) is 24.3. The van der Waals surface area contributed by atoms with Crippen LogP contribution < -0.4 is 9.94 Å². The van der Waals surface area contributed by atoms with E-state index in [0.29, 0.717) is 10.2 Å². The SMILES string of the molecule is COC(=O)Cn1c(=NC(=O)C(c2ccccc2)c2ccccc2)sc2cc(S(N)(=O)=O)ccc21. The number of nitrogens with two attached hydrogens (primary N) is 1. The Morgan fingerprint density at radius 2 is 1.59 bits per heavy atom. The lowest BCUT2D eigenvalue weighted by atomic mass is 9.91. The molecule has 0 saturated heterocycles. The molecule has 2 N–H and O–H groups in total. The van der Waals surface area contributed by atoms with Gasteiger partial charge in [0.05, 0.1) is 28.1 Å². The fraction of sp³-hybridized carbons (Fsp3) is 0.125. The van der Waals surface area contributed by atoms with Gasteiger partial charge in [-0.1, -0.05) is 72.0 Å². The van der Waals surface area contributed by atoms with Gasteiger partial charge < -0.3 is 9.30 Å². The van der Waals surface area contributed by atoms with Crippen molar-refractivity contribution in [3.8, 4) is 0 Å². The lowest BCUT2D eigenvalue weighted by molar-refractivity contribution is -0.141. The second kappa shape index (κ2) is 9.72. The largest absolute Gasteiger partial charge is 0.468 e. The first kappa shape index (κ1) is 23.6. The van der Waals surface area contributed by atoms with Gasteiger partial charge in [0.1, 0.15) is 6.54 Å². The van der Waals surface area contributed by atoms with Gasteiger partial charge in [0, 0.05) is 0 Å². The molecule has 1 aromatic heterocycles. The van der Waals surface area contributed by atoms with Crippen LogP contribution in [0.3, 0.4) is 0 Å². The Hall–Kier alpha value is -3.60. The van der Waals surface area contributed by atoms with E-state index < -0.39 is 27.8 Å². The van der Waals surface area contributed by atoms with E-state index in [1.807, 2.05) is 60.7 Å². The van der Waals surface area contributed by atoms with Gasteiger partial charge in [-0.3, -0.25) is 9.59 Å². The Morgan fingerprint density at radius 3 is 2.12 bits per heavy atom. The van der Waals surface area contributed by atoms with Crippen LogP contribution in [-0.2, 0) is 30.9 Å². The second-order valence-corrected chi connectivity index (χ2v) is 10.00. The van der Waals surface area contributed by atoms with Crippen LogP contribution in [0.15, 0.2) is 88.8 Å². The summed E-state index contributed by atoms with van der Waals surface area (Å²) in [5.41, 5.74) is 2.09. The number of hydrogen-bond acceptors (Lipinski definition) is 6. The Balaban J connectivity index is 1.90. The fourth-order valence-corrected chi connectivity index (χ4v) is 5.28. The number of rotatable bonds is 6. The highest BCUT2D eigenvalue weighted by Crippen LogP contribution is 2.26. The molecule has 0 bridgehead atoms. The van der Waals surface area contributed by atoms with Gasteiger partial charge in [-0.05, 0) is 29.3 Å². The number of methoxy groups -OCH3 is 1. The molecule has 4 aromatic rings. The number of hydrogen-bond donors (Lipinski definition) is 1. The number of fused-ring (bicyclic) bond motifs is 1. The molecular formula is C24H21N3O5S2. The van der Waals surface area contributed by atoms with Crippen molar-refractivity contribution in [3.05, 3.63) is 94.8 Å². The fourth-order valence-electron chi connectivity index (χ4n) is 3.59. The van der Waals surface area contributed by atoms with E-state index in [0.717, 1.165) is 22.5 Å². The number of thiazole rings is 1. The Labute approximate surface area is 200 Å². The van der Waals surface area contributed by atoms with Crippen LogP contribution in [0.1, 0.15) is 17.0 Å². The average molecular weight is 496 g/mol. The maximum absolute atomic E-state index is 13.5. The van der Waals surface area contributed by atoms with E-state index in [-0.39, 0.29) is 16.2 Å². The van der Waals surface area contributed by atoms with Crippen molar-refractivity contribution in [2.75, 3.05) is 7.11 Å². The molecule has 0 atom stereocenters. The predicted molar refractivity (Wildman–Crippen MR) is 129 cm³/mol. The number of amides is 1. The van der Waals surface area contributed by atoms with Crippen LogP contribution in [0.2, 0.25) is 0 Å². The highest BCUT2D eigenvalue weighted by atomic mass is 32.2. The van der Waals surface area contributed by atoms with E-state index in [4.69, 9.17) is 9.88 Å². The summed E-state index contributed by atoms with van der Waals surface area (Å²) in [6.07, 6.45) is 0. The number of sulfonamides is 1. The summed E-state index contributed by atoms with van der Waals surface area (Å²) in [7, 11) is -2.66. The molecule has 0 aliphatic heterocycles.